The van der Waals surface area contributed by atoms with Gasteiger partial charge in [-0.05, 0) is 43.4 Å². The van der Waals surface area contributed by atoms with Gasteiger partial charge in [-0.1, -0.05) is 18.2 Å². The summed E-state index contributed by atoms with van der Waals surface area (Å²) in [5.74, 6) is -1.19. The van der Waals surface area contributed by atoms with Gasteiger partial charge in [0.25, 0.3) is 0 Å². The summed E-state index contributed by atoms with van der Waals surface area (Å²) in [6.07, 6.45) is -0.597. The van der Waals surface area contributed by atoms with Crippen molar-refractivity contribution in [1.29, 1.82) is 0 Å². The predicted octanol–water partition coefficient (Wildman–Crippen LogP) is 4.16. The topological polar surface area (TPSA) is 58.1 Å². The van der Waals surface area contributed by atoms with Crippen molar-refractivity contribution in [2.45, 2.75) is 45.5 Å². The molecular formula is C19H21F3N4O. The predicted molar refractivity (Wildman–Crippen MR) is 93.9 cm³/mol. The summed E-state index contributed by atoms with van der Waals surface area (Å²) in [6, 6.07) is 5.85. The third kappa shape index (κ3) is 4.20. The molecule has 8 heteroatoms. The SMILES string of the molecule is Cc1cccc(C)c1C1CCCN1C(=O)NCc1cnc(C(F)(F)F)nc1. The van der Waals surface area contributed by atoms with Crippen LogP contribution in [0, 0.1) is 13.8 Å². The fraction of sp³-hybridized carbons (Fsp3) is 0.421. The van der Waals surface area contributed by atoms with Crippen LogP contribution in [0.2, 0.25) is 0 Å². The van der Waals surface area contributed by atoms with Crippen molar-refractivity contribution in [2.24, 2.45) is 0 Å². The molecule has 2 heterocycles. The molecule has 1 aliphatic heterocycles. The lowest BCUT2D eigenvalue weighted by Gasteiger charge is -2.27. The molecule has 3 rings (SSSR count). The zero-order valence-electron chi connectivity index (χ0n) is 15.2. The van der Waals surface area contributed by atoms with Crippen LogP contribution < -0.4 is 5.32 Å². The van der Waals surface area contributed by atoms with Gasteiger partial charge >= 0.3 is 12.2 Å². The quantitative estimate of drug-likeness (QED) is 0.873. The number of aromatic nitrogens is 2. The Morgan fingerprint density at radius 1 is 1.22 bits per heavy atom. The zero-order valence-corrected chi connectivity index (χ0v) is 15.2. The molecule has 1 saturated heterocycles. The van der Waals surface area contributed by atoms with Crippen molar-refractivity contribution in [2.75, 3.05) is 6.54 Å². The fourth-order valence-corrected chi connectivity index (χ4v) is 3.53. The highest BCUT2D eigenvalue weighted by molar-refractivity contribution is 5.75. The first-order valence-electron chi connectivity index (χ1n) is 8.76. The summed E-state index contributed by atoms with van der Waals surface area (Å²) in [5.41, 5.74) is 3.88. The standard InChI is InChI=1S/C19H21F3N4O/c1-12-5-3-6-13(2)16(12)15-7-4-8-26(15)18(27)25-11-14-9-23-17(24-10-14)19(20,21)22/h3,5-6,9-10,15H,4,7-8,11H2,1-2H3,(H,25,27). The van der Waals surface area contributed by atoms with Crippen LogP contribution in [0.25, 0.3) is 0 Å². The van der Waals surface area contributed by atoms with Crippen LogP contribution in [0.5, 0.6) is 0 Å². The Labute approximate surface area is 155 Å². The largest absolute Gasteiger partial charge is 0.451 e. The second kappa shape index (κ2) is 7.54. The van der Waals surface area contributed by atoms with Gasteiger partial charge in [-0.3, -0.25) is 0 Å². The molecule has 1 N–H and O–H groups in total. The summed E-state index contributed by atoms with van der Waals surface area (Å²) in [4.78, 5) is 21.1. The van der Waals surface area contributed by atoms with Crippen molar-refractivity contribution in [3.63, 3.8) is 0 Å². The summed E-state index contributed by atoms with van der Waals surface area (Å²) in [6.45, 7) is 4.80. The maximum atomic E-state index is 12.6. The number of benzene rings is 1. The summed E-state index contributed by atoms with van der Waals surface area (Å²) < 4.78 is 37.5. The van der Waals surface area contributed by atoms with Crippen LogP contribution >= 0.6 is 0 Å². The molecule has 2 amide bonds. The van der Waals surface area contributed by atoms with E-state index in [1.54, 1.807) is 4.90 Å². The van der Waals surface area contributed by atoms with Gasteiger partial charge < -0.3 is 10.2 Å². The number of hydrogen-bond donors (Lipinski definition) is 1. The van der Waals surface area contributed by atoms with Crippen molar-refractivity contribution in [3.05, 3.63) is 58.7 Å². The minimum Gasteiger partial charge on any atom is -0.334 e. The van der Waals surface area contributed by atoms with Crippen LogP contribution in [0.1, 0.15) is 47.0 Å². The first-order chi connectivity index (χ1) is 12.8. The van der Waals surface area contributed by atoms with Crippen LogP contribution in [-0.4, -0.2) is 27.4 Å². The highest BCUT2D eigenvalue weighted by atomic mass is 19.4. The Balaban J connectivity index is 1.67. The van der Waals surface area contributed by atoms with E-state index in [1.807, 2.05) is 32.0 Å². The number of carbonyl (C=O) groups is 1. The van der Waals surface area contributed by atoms with Crippen molar-refractivity contribution in [3.8, 4) is 0 Å². The van der Waals surface area contributed by atoms with E-state index in [0.29, 0.717) is 12.1 Å². The number of rotatable bonds is 3. The molecule has 1 aliphatic rings. The van der Waals surface area contributed by atoms with Gasteiger partial charge in [-0.15, -0.1) is 0 Å². The van der Waals surface area contributed by atoms with E-state index < -0.39 is 12.0 Å². The van der Waals surface area contributed by atoms with E-state index in [0.717, 1.165) is 36.4 Å². The number of nitrogens with one attached hydrogen (secondary N) is 1. The van der Waals surface area contributed by atoms with Crippen molar-refractivity contribution >= 4 is 6.03 Å². The van der Waals surface area contributed by atoms with Gasteiger partial charge in [0.05, 0.1) is 6.04 Å². The number of nitrogens with zero attached hydrogens (tertiary/aromatic N) is 3. The molecule has 2 aromatic rings. The van der Waals surface area contributed by atoms with Crippen molar-refractivity contribution in [1.82, 2.24) is 20.2 Å². The molecule has 0 saturated carbocycles. The normalized spacial score (nSPS) is 17.2. The number of alkyl halides is 3. The lowest BCUT2D eigenvalue weighted by molar-refractivity contribution is -0.145. The maximum Gasteiger partial charge on any atom is 0.451 e. The molecule has 0 aliphatic carbocycles. The van der Waals surface area contributed by atoms with Crippen LogP contribution in [-0.2, 0) is 12.7 Å². The Bertz CT molecular complexity index is 800. The van der Waals surface area contributed by atoms with Gasteiger partial charge in [0, 0.05) is 31.0 Å². The Kier molecular flexibility index (Phi) is 5.34. The van der Waals surface area contributed by atoms with E-state index in [4.69, 9.17) is 0 Å². The lowest BCUT2D eigenvalue weighted by Crippen LogP contribution is -2.39. The van der Waals surface area contributed by atoms with E-state index in [-0.39, 0.29) is 18.6 Å². The average Bonchev–Trinajstić information content (AvgIpc) is 3.08. The monoisotopic (exact) mass is 378 g/mol. The lowest BCUT2D eigenvalue weighted by atomic mass is 9.94. The molecule has 1 aromatic heterocycles. The number of carbonyl (C=O) groups excluding carboxylic acids is 1. The van der Waals surface area contributed by atoms with E-state index in [2.05, 4.69) is 15.3 Å². The highest BCUT2D eigenvalue weighted by Gasteiger charge is 2.34. The number of amides is 2. The van der Waals surface area contributed by atoms with E-state index >= 15 is 0 Å². The molecule has 5 nitrogen and oxygen atoms in total. The Hall–Kier alpha value is -2.64. The fourth-order valence-electron chi connectivity index (χ4n) is 3.53. The molecule has 1 fully saturated rings. The first kappa shape index (κ1) is 19.1. The second-order valence-corrected chi connectivity index (χ2v) is 6.73. The minimum absolute atomic E-state index is 0.00931. The number of aryl methyl sites for hydroxylation is 2. The number of halogens is 3. The summed E-state index contributed by atoms with van der Waals surface area (Å²) in [7, 11) is 0. The Morgan fingerprint density at radius 3 is 2.44 bits per heavy atom. The summed E-state index contributed by atoms with van der Waals surface area (Å²) in [5, 5.41) is 2.76. The van der Waals surface area contributed by atoms with Gasteiger partial charge in [0.2, 0.25) is 5.82 Å². The molecule has 144 valence electrons. The molecule has 27 heavy (non-hydrogen) atoms. The summed E-state index contributed by atoms with van der Waals surface area (Å²) >= 11 is 0. The van der Waals surface area contributed by atoms with Crippen LogP contribution in [0.4, 0.5) is 18.0 Å². The molecule has 1 unspecified atom stereocenters. The van der Waals surface area contributed by atoms with Crippen LogP contribution in [0.15, 0.2) is 30.6 Å². The first-order valence-corrected chi connectivity index (χ1v) is 8.76. The third-order valence-corrected chi connectivity index (χ3v) is 4.79. The van der Waals surface area contributed by atoms with E-state index in [1.165, 1.54) is 5.56 Å². The van der Waals surface area contributed by atoms with Gasteiger partial charge in [-0.2, -0.15) is 13.2 Å². The van der Waals surface area contributed by atoms with Crippen LogP contribution in [0.3, 0.4) is 0 Å². The second-order valence-electron chi connectivity index (χ2n) is 6.73. The molecular weight excluding hydrogens is 357 g/mol. The average molecular weight is 378 g/mol. The van der Waals surface area contributed by atoms with Gasteiger partial charge in [0.1, 0.15) is 0 Å². The van der Waals surface area contributed by atoms with Gasteiger partial charge in [-0.25, -0.2) is 14.8 Å². The Morgan fingerprint density at radius 2 is 1.85 bits per heavy atom. The molecule has 0 radical (unpaired) electrons. The smallest absolute Gasteiger partial charge is 0.334 e. The molecule has 0 spiro atoms. The van der Waals surface area contributed by atoms with E-state index in [9.17, 15) is 18.0 Å². The maximum absolute atomic E-state index is 12.6. The molecule has 0 bridgehead atoms. The van der Waals surface area contributed by atoms with Crippen molar-refractivity contribution < 1.29 is 18.0 Å². The molecule has 1 aromatic carbocycles. The number of hydrogen-bond acceptors (Lipinski definition) is 3. The highest BCUT2D eigenvalue weighted by Crippen LogP contribution is 2.35. The number of likely N-dealkylation sites (tertiary alicyclic amines) is 1. The van der Waals surface area contributed by atoms with Gasteiger partial charge in [0.15, 0.2) is 0 Å². The third-order valence-electron chi connectivity index (χ3n) is 4.79. The zero-order chi connectivity index (χ0) is 19.6. The minimum atomic E-state index is -4.57. The number of urea groups is 1. The molecule has 1 atom stereocenters.